The van der Waals surface area contributed by atoms with Gasteiger partial charge < -0.3 is 0 Å². The topological polar surface area (TPSA) is 51.6 Å². The Kier molecular flexibility index (Phi) is 2.75. The SMILES string of the molecule is [c]1ncc(-c2ncccn2)c(-c2ccccc2)n1. The second kappa shape index (κ2) is 4.71. The minimum absolute atomic E-state index is 0.616. The van der Waals surface area contributed by atoms with Gasteiger partial charge in [-0.1, -0.05) is 30.3 Å². The van der Waals surface area contributed by atoms with Gasteiger partial charge >= 0.3 is 0 Å². The molecule has 0 bridgehead atoms. The lowest BCUT2D eigenvalue weighted by Crippen LogP contribution is -1.94. The highest BCUT2D eigenvalue weighted by Crippen LogP contribution is 2.26. The third-order valence-corrected chi connectivity index (χ3v) is 2.52. The summed E-state index contributed by atoms with van der Waals surface area (Å²) in [5.41, 5.74) is 2.59. The molecule has 1 radical (unpaired) electrons. The third-order valence-electron chi connectivity index (χ3n) is 2.52. The van der Waals surface area contributed by atoms with Gasteiger partial charge in [0.15, 0.2) is 12.2 Å². The van der Waals surface area contributed by atoms with Crippen LogP contribution in [0.4, 0.5) is 0 Å². The van der Waals surface area contributed by atoms with Gasteiger partial charge in [0.1, 0.15) is 0 Å². The molecule has 0 fully saturated rings. The van der Waals surface area contributed by atoms with Crippen LogP contribution in [0.25, 0.3) is 22.6 Å². The van der Waals surface area contributed by atoms with E-state index in [2.05, 4.69) is 26.3 Å². The Morgan fingerprint density at radius 3 is 2.44 bits per heavy atom. The molecule has 0 unspecified atom stereocenters. The van der Waals surface area contributed by atoms with Crippen LogP contribution in [0.2, 0.25) is 0 Å². The Bertz CT molecular complexity index is 580. The minimum Gasteiger partial charge on any atom is -0.236 e. The number of aromatic nitrogens is 4. The molecule has 4 nitrogen and oxygen atoms in total. The number of nitrogens with zero attached hydrogens (tertiary/aromatic N) is 4. The molecule has 0 saturated carbocycles. The van der Waals surface area contributed by atoms with Crippen LogP contribution in [0.3, 0.4) is 0 Å². The van der Waals surface area contributed by atoms with Crippen LogP contribution in [0, 0.1) is 6.33 Å². The molecule has 0 spiro atoms. The van der Waals surface area contributed by atoms with Crippen molar-refractivity contribution >= 4 is 0 Å². The van der Waals surface area contributed by atoms with E-state index in [0.717, 1.165) is 16.8 Å². The van der Waals surface area contributed by atoms with Gasteiger partial charge in [0.05, 0.1) is 11.3 Å². The summed E-state index contributed by atoms with van der Waals surface area (Å²) in [6, 6.07) is 11.7. The quantitative estimate of drug-likeness (QED) is 0.682. The number of hydrogen-bond donors (Lipinski definition) is 0. The Labute approximate surface area is 104 Å². The van der Waals surface area contributed by atoms with Crippen LogP contribution in [-0.4, -0.2) is 19.9 Å². The van der Waals surface area contributed by atoms with Crippen LogP contribution in [0.5, 0.6) is 0 Å². The Morgan fingerprint density at radius 1 is 0.889 bits per heavy atom. The first-order valence-corrected chi connectivity index (χ1v) is 5.51. The standard InChI is InChI=1S/C14H9N4/c1-2-5-11(6-3-1)13-12(9-15-10-18-13)14-16-7-4-8-17-14/h1-9H. The molecule has 85 valence electrons. The summed E-state index contributed by atoms with van der Waals surface area (Å²) in [7, 11) is 0. The van der Waals surface area contributed by atoms with Crippen LogP contribution in [0.15, 0.2) is 55.0 Å². The second-order valence-corrected chi connectivity index (χ2v) is 3.67. The van der Waals surface area contributed by atoms with Gasteiger partial charge in [-0.2, -0.15) is 0 Å². The number of benzene rings is 1. The van der Waals surface area contributed by atoms with Crippen molar-refractivity contribution in [2.45, 2.75) is 0 Å². The third kappa shape index (κ3) is 1.96. The first-order chi connectivity index (χ1) is 8.95. The van der Waals surface area contributed by atoms with E-state index < -0.39 is 0 Å². The molecule has 0 amide bonds. The van der Waals surface area contributed by atoms with Crippen molar-refractivity contribution in [1.82, 2.24) is 19.9 Å². The molecule has 0 aliphatic carbocycles. The maximum Gasteiger partial charge on any atom is 0.198 e. The van der Waals surface area contributed by atoms with Gasteiger partial charge in [-0.25, -0.2) is 19.9 Å². The fourth-order valence-corrected chi connectivity index (χ4v) is 1.71. The molecule has 2 aromatic heterocycles. The Hall–Kier alpha value is -2.62. The highest BCUT2D eigenvalue weighted by molar-refractivity contribution is 5.76. The summed E-state index contributed by atoms with van der Waals surface area (Å²) >= 11 is 0. The molecule has 4 heteroatoms. The van der Waals surface area contributed by atoms with E-state index in [-0.39, 0.29) is 0 Å². The molecule has 0 aliphatic heterocycles. The van der Waals surface area contributed by atoms with E-state index in [4.69, 9.17) is 0 Å². The molecule has 0 atom stereocenters. The summed E-state index contributed by atoms with van der Waals surface area (Å²) < 4.78 is 0. The predicted octanol–water partition coefficient (Wildman–Crippen LogP) is 2.40. The Balaban J connectivity index is 2.18. The maximum absolute atomic E-state index is 4.23. The fraction of sp³-hybridized carbons (Fsp3) is 0. The van der Waals surface area contributed by atoms with Crippen molar-refractivity contribution in [3.63, 3.8) is 0 Å². The zero-order valence-electron chi connectivity index (χ0n) is 9.49. The van der Waals surface area contributed by atoms with Crippen molar-refractivity contribution in [1.29, 1.82) is 0 Å². The highest BCUT2D eigenvalue weighted by atomic mass is 14.9. The zero-order valence-corrected chi connectivity index (χ0v) is 9.49. The molecule has 2 heterocycles. The average Bonchev–Trinajstić information content (AvgIpc) is 2.49. The largest absolute Gasteiger partial charge is 0.236 e. The lowest BCUT2D eigenvalue weighted by molar-refractivity contribution is 1.11. The van der Waals surface area contributed by atoms with Gasteiger partial charge in [-0.3, -0.25) is 0 Å². The summed E-state index contributed by atoms with van der Waals surface area (Å²) in [5.74, 6) is 0.616. The van der Waals surface area contributed by atoms with E-state index >= 15 is 0 Å². The van der Waals surface area contributed by atoms with Crippen LogP contribution >= 0.6 is 0 Å². The maximum atomic E-state index is 4.23. The van der Waals surface area contributed by atoms with Crippen LogP contribution in [0.1, 0.15) is 0 Å². The van der Waals surface area contributed by atoms with Crippen molar-refractivity contribution in [3.8, 4) is 22.6 Å². The number of rotatable bonds is 2. The molecule has 3 aromatic rings. The summed E-state index contributed by atoms with van der Waals surface area (Å²) in [6.07, 6.45) is 7.70. The van der Waals surface area contributed by atoms with E-state index in [9.17, 15) is 0 Å². The van der Waals surface area contributed by atoms with Crippen molar-refractivity contribution in [2.24, 2.45) is 0 Å². The average molecular weight is 233 g/mol. The normalized spacial score (nSPS) is 10.2. The first-order valence-electron chi connectivity index (χ1n) is 5.51. The monoisotopic (exact) mass is 233 g/mol. The second-order valence-electron chi connectivity index (χ2n) is 3.67. The Morgan fingerprint density at radius 2 is 1.67 bits per heavy atom. The summed E-state index contributed by atoms with van der Waals surface area (Å²) in [6.45, 7) is 0. The number of hydrogen-bond acceptors (Lipinski definition) is 4. The highest BCUT2D eigenvalue weighted by Gasteiger charge is 2.10. The first kappa shape index (κ1) is 10.5. The van der Waals surface area contributed by atoms with E-state index in [0.29, 0.717) is 5.82 Å². The van der Waals surface area contributed by atoms with Gasteiger partial charge in [-0.15, -0.1) is 0 Å². The van der Waals surface area contributed by atoms with Crippen molar-refractivity contribution in [3.05, 3.63) is 61.3 Å². The molecule has 0 saturated heterocycles. The smallest absolute Gasteiger partial charge is 0.198 e. The molecule has 0 aliphatic rings. The summed E-state index contributed by atoms with van der Waals surface area (Å²) in [4.78, 5) is 16.6. The lowest BCUT2D eigenvalue weighted by atomic mass is 10.1. The van der Waals surface area contributed by atoms with Crippen LogP contribution < -0.4 is 0 Å². The zero-order chi connectivity index (χ0) is 12.2. The molecular formula is C14H9N4. The van der Waals surface area contributed by atoms with E-state index in [1.807, 2.05) is 30.3 Å². The van der Waals surface area contributed by atoms with Gasteiger partial charge in [0, 0.05) is 24.2 Å². The molecular weight excluding hydrogens is 224 g/mol. The van der Waals surface area contributed by atoms with Gasteiger partial charge in [0.2, 0.25) is 0 Å². The van der Waals surface area contributed by atoms with Gasteiger partial charge in [-0.05, 0) is 6.07 Å². The lowest BCUT2D eigenvalue weighted by Gasteiger charge is -2.05. The molecule has 18 heavy (non-hydrogen) atoms. The van der Waals surface area contributed by atoms with Crippen molar-refractivity contribution in [2.75, 3.05) is 0 Å². The minimum atomic E-state index is 0.616. The molecule has 3 rings (SSSR count). The van der Waals surface area contributed by atoms with E-state index in [1.54, 1.807) is 24.7 Å². The summed E-state index contributed by atoms with van der Waals surface area (Å²) in [5, 5.41) is 0. The van der Waals surface area contributed by atoms with Crippen molar-refractivity contribution < 1.29 is 0 Å². The predicted molar refractivity (Wildman–Crippen MR) is 67.3 cm³/mol. The van der Waals surface area contributed by atoms with E-state index in [1.165, 1.54) is 0 Å². The molecule has 1 aromatic carbocycles. The molecule has 0 N–H and O–H groups in total. The van der Waals surface area contributed by atoms with Gasteiger partial charge in [0.25, 0.3) is 0 Å². The fourth-order valence-electron chi connectivity index (χ4n) is 1.71. The van der Waals surface area contributed by atoms with Crippen LogP contribution in [-0.2, 0) is 0 Å².